The first-order valence-corrected chi connectivity index (χ1v) is 7.30. The van der Waals surface area contributed by atoms with E-state index in [-0.39, 0.29) is 5.91 Å². The van der Waals surface area contributed by atoms with Crippen molar-refractivity contribution in [2.45, 2.75) is 18.9 Å². The summed E-state index contributed by atoms with van der Waals surface area (Å²) in [6, 6.07) is 4.26. The van der Waals surface area contributed by atoms with Gasteiger partial charge in [0.15, 0.2) is 0 Å². The van der Waals surface area contributed by atoms with Gasteiger partial charge in [-0.05, 0) is 44.0 Å². The van der Waals surface area contributed by atoms with Crippen molar-refractivity contribution in [3.8, 4) is 0 Å². The monoisotopic (exact) mass is 274 g/mol. The van der Waals surface area contributed by atoms with Gasteiger partial charge < -0.3 is 15.1 Å². The molecule has 0 spiro atoms. The number of nitrogens with zero attached hydrogens (tertiary/aromatic N) is 3. The van der Waals surface area contributed by atoms with Gasteiger partial charge in [0, 0.05) is 32.9 Å². The number of hydrogen-bond acceptors (Lipinski definition) is 4. The quantitative estimate of drug-likeness (QED) is 0.902. The molecule has 4 heterocycles. The van der Waals surface area contributed by atoms with Crippen molar-refractivity contribution in [2.75, 3.05) is 39.0 Å². The maximum Gasteiger partial charge on any atom is 0.254 e. The number of carbonyl (C=O) groups excluding carboxylic acids is 1. The van der Waals surface area contributed by atoms with E-state index in [2.05, 4.69) is 15.2 Å². The lowest BCUT2D eigenvalue weighted by molar-refractivity contribution is 0.0827. The van der Waals surface area contributed by atoms with E-state index in [1.165, 1.54) is 25.9 Å². The average Bonchev–Trinajstić information content (AvgIpc) is 2.48. The molecule has 3 aliphatic heterocycles. The van der Waals surface area contributed by atoms with Crippen molar-refractivity contribution in [1.29, 1.82) is 0 Å². The van der Waals surface area contributed by atoms with Gasteiger partial charge in [0.25, 0.3) is 5.91 Å². The van der Waals surface area contributed by atoms with E-state index in [4.69, 9.17) is 0 Å². The van der Waals surface area contributed by atoms with Crippen LogP contribution in [0.4, 0.5) is 5.82 Å². The molecule has 0 radical (unpaired) electrons. The Kier molecular flexibility index (Phi) is 3.61. The van der Waals surface area contributed by atoms with E-state index in [9.17, 15) is 4.79 Å². The Balaban J connectivity index is 1.65. The van der Waals surface area contributed by atoms with Gasteiger partial charge in [0.1, 0.15) is 5.82 Å². The van der Waals surface area contributed by atoms with Gasteiger partial charge in [0.05, 0.1) is 5.56 Å². The van der Waals surface area contributed by atoms with E-state index < -0.39 is 0 Å². The number of aromatic nitrogens is 1. The summed E-state index contributed by atoms with van der Waals surface area (Å²) in [7, 11) is 3.50. The lowest BCUT2D eigenvalue weighted by Crippen LogP contribution is -2.53. The second-order valence-electron chi connectivity index (χ2n) is 6.02. The fraction of sp³-hybridized carbons (Fsp3) is 0.600. The third-order valence-electron chi connectivity index (χ3n) is 4.41. The number of pyridine rings is 1. The maximum absolute atomic E-state index is 11.8. The molecule has 3 aliphatic rings. The van der Waals surface area contributed by atoms with Crippen molar-refractivity contribution in [2.24, 2.45) is 5.92 Å². The van der Waals surface area contributed by atoms with E-state index in [0.717, 1.165) is 18.3 Å². The topological polar surface area (TPSA) is 48.5 Å². The first-order chi connectivity index (χ1) is 9.63. The van der Waals surface area contributed by atoms with Gasteiger partial charge in [-0.2, -0.15) is 0 Å². The van der Waals surface area contributed by atoms with Crippen LogP contribution in [0.5, 0.6) is 0 Å². The maximum atomic E-state index is 11.8. The normalized spacial score (nSPS) is 28.2. The van der Waals surface area contributed by atoms with Crippen molar-refractivity contribution in [3.05, 3.63) is 23.9 Å². The number of fused-ring (bicyclic) bond motifs is 3. The van der Waals surface area contributed by atoms with Gasteiger partial charge in [-0.25, -0.2) is 4.98 Å². The molecule has 1 N–H and O–H groups in total. The Labute approximate surface area is 120 Å². The Morgan fingerprint density at radius 2 is 2.10 bits per heavy atom. The predicted molar refractivity (Wildman–Crippen MR) is 78.8 cm³/mol. The Hall–Kier alpha value is -1.62. The number of carbonyl (C=O) groups is 1. The van der Waals surface area contributed by atoms with E-state index in [0.29, 0.717) is 11.6 Å². The summed E-state index contributed by atoms with van der Waals surface area (Å²) in [4.78, 5) is 20.3. The molecule has 5 nitrogen and oxygen atoms in total. The van der Waals surface area contributed by atoms with Crippen LogP contribution < -0.4 is 5.32 Å². The summed E-state index contributed by atoms with van der Waals surface area (Å²) >= 11 is 0. The minimum atomic E-state index is -0.00751. The predicted octanol–water partition coefficient (Wildman–Crippen LogP) is 1.29. The zero-order valence-corrected chi connectivity index (χ0v) is 12.2. The summed E-state index contributed by atoms with van der Waals surface area (Å²) in [5, 5.41) is 3.53. The van der Waals surface area contributed by atoms with Gasteiger partial charge in [-0.15, -0.1) is 0 Å². The summed E-state index contributed by atoms with van der Waals surface area (Å²) in [5.41, 5.74) is 0.634. The lowest BCUT2D eigenvalue weighted by Gasteiger charge is -2.45. The van der Waals surface area contributed by atoms with Crippen LogP contribution in [0.3, 0.4) is 0 Å². The van der Waals surface area contributed by atoms with E-state index in [1.54, 1.807) is 25.2 Å². The molecule has 2 bridgehead atoms. The Morgan fingerprint density at radius 1 is 1.35 bits per heavy atom. The molecule has 0 aromatic carbocycles. The highest BCUT2D eigenvalue weighted by molar-refractivity contribution is 5.93. The number of nitrogens with one attached hydrogen (secondary N) is 1. The first-order valence-electron chi connectivity index (χ1n) is 7.30. The van der Waals surface area contributed by atoms with Crippen LogP contribution in [0.25, 0.3) is 0 Å². The number of piperidine rings is 3. The van der Waals surface area contributed by atoms with Crippen molar-refractivity contribution >= 4 is 11.7 Å². The Bertz CT molecular complexity index is 477. The number of hydrogen-bond donors (Lipinski definition) is 1. The highest BCUT2D eigenvalue weighted by atomic mass is 16.2. The third kappa shape index (κ3) is 2.63. The van der Waals surface area contributed by atoms with Crippen LogP contribution in [0, 0.1) is 5.92 Å². The molecular formula is C15H22N4O. The van der Waals surface area contributed by atoms with Gasteiger partial charge in [-0.3, -0.25) is 4.79 Å². The molecule has 4 rings (SSSR count). The Morgan fingerprint density at radius 3 is 2.60 bits per heavy atom. The van der Waals surface area contributed by atoms with Crippen molar-refractivity contribution < 1.29 is 4.79 Å². The molecule has 0 aliphatic carbocycles. The van der Waals surface area contributed by atoms with Crippen LogP contribution in [-0.2, 0) is 0 Å². The average molecular weight is 274 g/mol. The number of anilines is 1. The van der Waals surface area contributed by atoms with E-state index in [1.807, 2.05) is 12.1 Å². The van der Waals surface area contributed by atoms with Gasteiger partial charge in [-0.1, -0.05) is 0 Å². The second kappa shape index (κ2) is 5.40. The first kappa shape index (κ1) is 13.4. The van der Waals surface area contributed by atoms with Gasteiger partial charge in [0.2, 0.25) is 0 Å². The molecule has 1 aromatic heterocycles. The molecule has 1 aromatic rings. The fourth-order valence-corrected chi connectivity index (χ4v) is 3.18. The summed E-state index contributed by atoms with van der Waals surface area (Å²) < 4.78 is 0. The van der Waals surface area contributed by atoms with Crippen LogP contribution >= 0.6 is 0 Å². The highest BCUT2D eigenvalue weighted by Gasteiger charge is 2.34. The molecule has 1 atom stereocenters. The molecule has 0 saturated carbocycles. The van der Waals surface area contributed by atoms with Crippen LogP contribution in [0.15, 0.2) is 18.3 Å². The standard InChI is InChI=1S/C15H22N4O/c1-18(2)15(20)12-3-4-14(16-9-12)17-13-10-19-7-5-11(13)6-8-19/h3-4,9,11,13H,5-8,10H2,1-2H3,(H,16,17). The van der Waals surface area contributed by atoms with Crippen LogP contribution in [0.1, 0.15) is 23.2 Å². The molecule has 3 fully saturated rings. The van der Waals surface area contributed by atoms with E-state index >= 15 is 0 Å². The van der Waals surface area contributed by atoms with Crippen molar-refractivity contribution in [3.63, 3.8) is 0 Å². The minimum absolute atomic E-state index is 0.00751. The molecular weight excluding hydrogens is 252 g/mol. The largest absolute Gasteiger partial charge is 0.366 e. The zero-order valence-electron chi connectivity index (χ0n) is 12.2. The summed E-state index contributed by atoms with van der Waals surface area (Å²) in [5.74, 6) is 1.64. The number of rotatable bonds is 3. The number of amides is 1. The molecule has 1 unspecified atom stereocenters. The highest BCUT2D eigenvalue weighted by Crippen LogP contribution is 2.29. The van der Waals surface area contributed by atoms with Crippen LogP contribution in [0.2, 0.25) is 0 Å². The van der Waals surface area contributed by atoms with Crippen molar-refractivity contribution in [1.82, 2.24) is 14.8 Å². The molecule has 20 heavy (non-hydrogen) atoms. The fourth-order valence-electron chi connectivity index (χ4n) is 3.18. The van der Waals surface area contributed by atoms with Crippen LogP contribution in [-0.4, -0.2) is 60.5 Å². The summed E-state index contributed by atoms with van der Waals surface area (Å²) in [6.07, 6.45) is 4.23. The SMILES string of the molecule is CN(C)C(=O)c1ccc(NC2CN3CCC2CC3)nc1. The molecule has 108 valence electrons. The second-order valence-corrected chi connectivity index (χ2v) is 6.02. The molecule has 3 saturated heterocycles. The molecule has 1 amide bonds. The smallest absolute Gasteiger partial charge is 0.254 e. The third-order valence-corrected chi connectivity index (χ3v) is 4.41. The van der Waals surface area contributed by atoms with Gasteiger partial charge >= 0.3 is 0 Å². The summed E-state index contributed by atoms with van der Waals surface area (Å²) in [6.45, 7) is 3.60. The lowest BCUT2D eigenvalue weighted by atomic mass is 9.84. The zero-order chi connectivity index (χ0) is 14.1. The minimum Gasteiger partial charge on any atom is -0.366 e. The molecule has 5 heteroatoms.